The Morgan fingerprint density at radius 1 is 1.39 bits per heavy atom. The van der Waals surface area contributed by atoms with E-state index < -0.39 is 5.82 Å². The molecular weight excluding hydrogens is 389 g/mol. The third-order valence-corrected chi connectivity index (χ3v) is 4.36. The third-order valence-electron chi connectivity index (χ3n) is 4.06. The molecule has 2 aromatic rings. The van der Waals surface area contributed by atoms with E-state index in [4.69, 9.17) is 20.8 Å². The van der Waals surface area contributed by atoms with Crippen molar-refractivity contribution in [2.75, 3.05) is 13.2 Å². The molecule has 0 saturated heterocycles. The first-order valence-corrected chi connectivity index (χ1v) is 9.09. The normalized spacial score (nSPS) is 13.1. The van der Waals surface area contributed by atoms with Crippen molar-refractivity contribution in [2.24, 2.45) is 0 Å². The quantitative estimate of drug-likeness (QED) is 0.666. The summed E-state index contributed by atoms with van der Waals surface area (Å²) in [5.74, 6) is -0.308. The molecule has 0 bridgehead atoms. The van der Waals surface area contributed by atoms with Crippen molar-refractivity contribution in [1.29, 1.82) is 0 Å². The Morgan fingerprint density at radius 2 is 2.18 bits per heavy atom. The van der Waals surface area contributed by atoms with Crippen molar-refractivity contribution in [3.8, 4) is 5.75 Å². The molecule has 0 unspecified atom stereocenters. The number of benzene rings is 1. The van der Waals surface area contributed by atoms with Crippen molar-refractivity contribution in [2.45, 2.75) is 25.2 Å². The molecule has 0 atom stereocenters. The molecule has 9 heteroatoms. The van der Waals surface area contributed by atoms with Gasteiger partial charge in [0, 0.05) is 30.6 Å². The van der Waals surface area contributed by atoms with E-state index in [2.05, 4.69) is 22.2 Å². The fourth-order valence-electron chi connectivity index (χ4n) is 2.46. The van der Waals surface area contributed by atoms with E-state index in [-0.39, 0.29) is 47.3 Å². The average molecular weight is 408 g/mol. The summed E-state index contributed by atoms with van der Waals surface area (Å²) in [6.45, 7) is 3.76. The molecule has 28 heavy (non-hydrogen) atoms. The van der Waals surface area contributed by atoms with Crippen molar-refractivity contribution < 1.29 is 23.1 Å². The molecule has 1 aliphatic rings. The molecule has 0 radical (unpaired) electrons. The molecule has 1 saturated carbocycles. The van der Waals surface area contributed by atoms with Gasteiger partial charge in [0.1, 0.15) is 17.3 Å². The zero-order chi connectivity index (χ0) is 20.1. The first-order valence-electron chi connectivity index (χ1n) is 8.71. The minimum atomic E-state index is -0.622. The van der Waals surface area contributed by atoms with Gasteiger partial charge < -0.3 is 19.8 Å². The Labute approximate surface area is 165 Å². The lowest BCUT2D eigenvalue weighted by Gasteiger charge is -2.10. The average Bonchev–Trinajstić information content (AvgIpc) is 3.38. The van der Waals surface area contributed by atoms with E-state index in [1.165, 1.54) is 18.5 Å². The van der Waals surface area contributed by atoms with E-state index in [1.807, 2.05) is 0 Å². The highest BCUT2D eigenvalue weighted by Crippen LogP contribution is 2.41. The fraction of sp³-hybridized carbons (Fsp3) is 0.316. The van der Waals surface area contributed by atoms with Crippen LogP contribution in [0.25, 0.3) is 0 Å². The SMILES string of the molecule is C=C(CCNC(=O)COc1ccc(Cl)c(F)c1)NC(=O)c1ncoc1C1CC1. The number of aromatic nitrogens is 1. The number of oxazole rings is 1. The van der Waals surface area contributed by atoms with Gasteiger partial charge in [0.25, 0.3) is 11.8 Å². The second-order valence-corrected chi connectivity index (χ2v) is 6.77. The Bertz CT molecular complexity index is 895. The van der Waals surface area contributed by atoms with E-state index in [0.29, 0.717) is 17.9 Å². The number of carbonyl (C=O) groups is 2. The smallest absolute Gasteiger partial charge is 0.277 e. The molecule has 1 aromatic carbocycles. The van der Waals surface area contributed by atoms with E-state index in [1.54, 1.807) is 0 Å². The Morgan fingerprint density at radius 3 is 2.89 bits per heavy atom. The number of nitrogens with one attached hydrogen (secondary N) is 2. The standard InChI is InChI=1S/C19H19ClFN3O4/c1-11(24-19(26)17-18(12-2-3-12)28-10-23-17)6-7-22-16(25)9-27-13-4-5-14(20)15(21)8-13/h4-5,8,10,12H,1-3,6-7,9H2,(H,22,25)(H,24,26). The molecule has 1 aromatic heterocycles. The second-order valence-electron chi connectivity index (χ2n) is 6.36. The first kappa shape index (κ1) is 19.9. The van der Waals surface area contributed by atoms with Crippen molar-refractivity contribution in [1.82, 2.24) is 15.6 Å². The molecule has 2 amide bonds. The molecule has 148 valence electrons. The zero-order valence-electron chi connectivity index (χ0n) is 15.0. The molecule has 1 heterocycles. The topological polar surface area (TPSA) is 93.5 Å². The minimum absolute atomic E-state index is 0.0211. The first-order chi connectivity index (χ1) is 13.4. The molecule has 7 nitrogen and oxygen atoms in total. The minimum Gasteiger partial charge on any atom is -0.484 e. The molecule has 0 spiro atoms. The summed E-state index contributed by atoms with van der Waals surface area (Å²) in [5.41, 5.74) is 0.715. The van der Waals surface area contributed by atoms with Crippen molar-refractivity contribution in [3.05, 3.63) is 59.2 Å². The predicted octanol–water partition coefficient (Wildman–Crippen LogP) is 3.17. The van der Waals surface area contributed by atoms with E-state index in [9.17, 15) is 14.0 Å². The van der Waals surface area contributed by atoms with Crippen LogP contribution in [0.2, 0.25) is 5.02 Å². The van der Waals surface area contributed by atoms with Gasteiger partial charge in [-0.25, -0.2) is 9.37 Å². The zero-order valence-corrected chi connectivity index (χ0v) is 15.7. The Hall–Kier alpha value is -2.87. The van der Waals surface area contributed by atoms with Gasteiger partial charge in [0.2, 0.25) is 0 Å². The maximum atomic E-state index is 13.3. The van der Waals surface area contributed by atoms with E-state index in [0.717, 1.165) is 18.9 Å². The largest absolute Gasteiger partial charge is 0.484 e. The van der Waals surface area contributed by atoms with E-state index >= 15 is 0 Å². The van der Waals surface area contributed by atoms with Gasteiger partial charge in [0.05, 0.1) is 5.02 Å². The van der Waals surface area contributed by atoms with Crippen LogP contribution in [-0.2, 0) is 4.79 Å². The highest BCUT2D eigenvalue weighted by atomic mass is 35.5. The molecule has 0 aliphatic heterocycles. The van der Waals surface area contributed by atoms with Gasteiger partial charge in [-0.1, -0.05) is 18.2 Å². The summed E-state index contributed by atoms with van der Waals surface area (Å²) in [6.07, 6.45) is 3.59. The summed E-state index contributed by atoms with van der Waals surface area (Å²) in [5, 5.41) is 5.26. The fourth-order valence-corrected chi connectivity index (χ4v) is 2.58. The Balaban J connectivity index is 1.36. The summed E-state index contributed by atoms with van der Waals surface area (Å²) < 4.78 is 23.8. The number of hydrogen-bond acceptors (Lipinski definition) is 5. The van der Waals surface area contributed by atoms with Gasteiger partial charge in [-0.3, -0.25) is 9.59 Å². The van der Waals surface area contributed by atoms with Crippen LogP contribution in [0.4, 0.5) is 4.39 Å². The van der Waals surface area contributed by atoms with Crippen LogP contribution < -0.4 is 15.4 Å². The summed E-state index contributed by atoms with van der Waals surface area (Å²) in [7, 11) is 0. The number of rotatable bonds is 9. The number of nitrogens with zero attached hydrogens (tertiary/aromatic N) is 1. The number of amides is 2. The van der Waals surface area contributed by atoms with Crippen molar-refractivity contribution in [3.63, 3.8) is 0 Å². The monoisotopic (exact) mass is 407 g/mol. The maximum absolute atomic E-state index is 13.3. The van der Waals surface area contributed by atoms with Gasteiger partial charge in [0.15, 0.2) is 18.7 Å². The van der Waals surface area contributed by atoms with Crippen LogP contribution in [0, 0.1) is 5.82 Å². The van der Waals surface area contributed by atoms with Crippen LogP contribution in [0.15, 0.2) is 41.3 Å². The summed E-state index contributed by atoms with van der Waals surface area (Å²) >= 11 is 5.58. The van der Waals surface area contributed by atoms with Gasteiger partial charge in [-0.05, 0) is 25.0 Å². The summed E-state index contributed by atoms with van der Waals surface area (Å²) in [6, 6.07) is 3.92. The van der Waals surface area contributed by atoms with Crippen LogP contribution >= 0.6 is 11.6 Å². The number of ether oxygens (including phenoxy) is 1. The molecule has 3 rings (SSSR count). The van der Waals surface area contributed by atoms with Gasteiger partial charge in [-0.2, -0.15) is 0 Å². The highest BCUT2D eigenvalue weighted by molar-refractivity contribution is 6.30. The van der Waals surface area contributed by atoms with Crippen LogP contribution in [0.1, 0.15) is 41.4 Å². The lowest BCUT2D eigenvalue weighted by molar-refractivity contribution is -0.123. The van der Waals surface area contributed by atoms with Crippen LogP contribution in [0.3, 0.4) is 0 Å². The van der Waals surface area contributed by atoms with Gasteiger partial charge in [-0.15, -0.1) is 0 Å². The van der Waals surface area contributed by atoms with Crippen LogP contribution in [0.5, 0.6) is 5.75 Å². The summed E-state index contributed by atoms with van der Waals surface area (Å²) in [4.78, 5) is 28.0. The lowest BCUT2D eigenvalue weighted by Crippen LogP contribution is -2.31. The number of carbonyl (C=O) groups excluding carboxylic acids is 2. The third kappa shape index (κ3) is 5.32. The molecule has 1 aliphatic carbocycles. The molecule has 2 N–H and O–H groups in total. The number of hydrogen-bond donors (Lipinski definition) is 2. The van der Waals surface area contributed by atoms with Crippen molar-refractivity contribution >= 4 is 23.4 Å². The molecular formula is C19H19ClFN3O4. The maximum Gasteiger partial charge on any atom is 0.277 e. The predicted molar refractivity (Wildman–Crippen MR) is 99.6 cm³/mol. The van der Waals surface area contributed by atoms with Gasteiger partial charge >= 0.3 is 0 Å². The second kappa shape index (κ2) is 8.88. The highest BCUT2D eigenvalue weighted by Gasteiger charge is 2.32. The number of halogens is 2. The Kier molecular flexibility index (Phi) is 6.30. The van der Waals surface area contributed by atoms with Crippen LogP contribution in [-0.4, -0.2) is 29.9 Å². The molecule has 1 fully saturated rings. The lowest BCUT2D eigenvalue weighted by atomic mass is 10.2.